The first kappa shape index (κ1) is 28.4. The summed E-state index contributed by atoms with van der Waals surface area (Å²) in [5.74, 6) is -3.86. The Hall–Kier alpha value is -4.64. The molecule has 0 spiro atoms. The van der Waals surface area contributed by atoms with Crippen LogP contribution in [0.15, 0.2) is 36.5 Å². The molecule has 0 bridgehead atoms. The van der Waals surface area contributed by atoms with E-state index in [4.69, 9.17) is 14.2 Å². The lowest BCUT2D eigenvalue weighted by Gasteiger charge is -2.25. The van der Waals surface area contributed by atoms with E-state index in [1.54, 1.807) is 37.4 Å². The number of esters is 2. The Morgan fingerprint density at radius 3 is 2.42 bits per heavy atom. The number of carbonyl (C=O) groups is 3. The smallest absolute Gasteiger partial charge is 0.343 e. The second kappa shape index (κ2) is 11.6. The number of nitrogens with zero attached hydrogens (tertiary/aromatic N) is 1. The molecule has 0 saturated heterocycles. The molecule has 1 aromatic heterocycles. The van der Waals surface area contributed by atoms with Gasteiger partial charge in [-0.25, -0.2) is 4.79 Å². The van der Waals surface area contributed by atoms with Gasteiger partial charge >= 0.3 is 11.9 Å². The van der Waals surface area contributed by atoms with E-state index in [9.17, 15) is 29.7 Å². The van der Waals surface area contributed by atoms with Crippen LogP contribution in [0.25, 0.3) is 0 Å². The summed E-state index contributed by atoms with van der Waals surface area (Å²) >= 11 is 0. The molecule has 3 N–H and O–H groups in total. The van der Waals surface area contributed by atoms with Crippen LogP contribution in [0.5, 0.6) is 23.0 Å². The number of Topliss-reactive ketones (excluding diaryl/α,β-unsaturated/α-hetero) is 1. The van der Waals surface area contributed by atoms with Crippen LogP contribution in [-0.4, -0.2) is 58.9 Å². The number of methoxy groups -OCH3 is 2. The fourth-order valence-electron chi connectivity index (χ4n) is 4.78. The van der Waals surface area contributed by atoms with Gasteiger partial charge in [-0.1, -0.05) is 18.2 Å². The molecule has 11 heteroatoms. The number of hydrogen-bond acceptors (Lipinski definition) is 11. The number of para-hydroxylation sites is 1. The highest BCUT2D eigenvalue weighted by atomic mass is 16.6. The van der Waals surface area contributed by atoms with E-state index in [-0.39, 0.29) is 41.2 Å². The molecule has 2 heterocycles. The third-order valence-corrected chi connectivity index (χ3v) is 6.84. The fraction of sp³-hybridized carbons (Fsp3) is 0.310. The van der Waals surface area contributed by atoms with Crippen molar-refractivity contribution in [2.24, 2.45) is 0 Å². The number of phenols is 2. The van der Waals surface area contributed by atoms with E-state index in [2.05, 4.69) is 9.72 Å². The molecule has 4 rings (SSSR count). The van der Waals surface area contributed by atoms with E-state index in [1.165, 1.54) is 27.2 Å². The maximum atomic E-state index is 12.7. The number of ether oxygens (including phenoxy) is 4. The standard InChI is InChI=1S/C29H29NO10/c1-14-26(34)24-16(11-30-14)12-40-29(24)20-9-18(15(2)31)27(35)25(28(20)36)19(10-22(32)37-3)17-7-5-6-8-21(17)39-13-23(33)38-4/h5-9,11,19,29,34-36H,10,12-13H2,1-4H3/t19-,29+/m1/s1. The van der Waals surface area contributed by atoms with Gasteiger partial charge in [0.1, 0.15) is 29.1 Å². The molecule has 0 fully saturated rings. The van der Waals surface area contributed by atoms with E-state index in [0.29, 0.717) is 22.4 Å². The summed E-state index contributed by atoms with van der Waals surface area (Å²) in [6, 6.07) is 7.75. The van der Waals surface area contributed by atoms with Gasteiger partial charge in [-0.05, 0) is 26.0 Å². The van der Waals surface area contributed by atoms with Crippen molar-refractivity contribution in [3.8, 4) is 23.0 Å². The van der Waals surface area contributed by atoms with E-state index in [0.717, 1.165) is 0 Å². The van der Waals surface area contributed by atoms with Crippen molar-refractivity contribution in [2.45, 2.75) is 38.9 Å². The van der Waals surface area contributed by atoms with Gasteiger partial charge in [-0.3, -0.25) is 14.6 Å². The predicted octanol–water partition coefficient (Wildman–Crippen LogP) is 3.58. The van der Waals surface area contributed by atoms with E-state index in [1.807, 2.05) is 0 Å². The van der Waals surface area contributed by atoms with Crippen molar-refractivity contribution in [3.05, 3.63) is 75.6 Å². The minimum Gasteiger partial charge on any atom is -0.507 e. The Morgan fingerprint density at radius 2 is 1.75 bits per heavy atom. The van der Waals surface area contributed by atoms with Crippen molar-refractivity contribution in [2.75, 3.05) is 20.8 Å². The average molecular weight is 552 g/mol. The largest absolute Gasteiger partial charge is 0.507 e. The highest BCUT2D eigenvalue weighted by Gasteiger charge is 2.37. The Kier molecular flexibility index (Phi) is 8.24. The first-order chi connectivity index (χ1) is 19.1. The highest BCUT2D eigenvalue weighted by Crippen LogP contribution is 2.51. The Labute approximate surface area is 229 Å². The lowest BCUT2D eigenvalue weighted by Crippen LogP contribution is -2.17. The molecule has 0 aliphatic carbocycles. The molecule has 0 amide bonds. The van der Waals surface area contributed by atoms with Gasteiger partial charge in [-0.2, -0.15) is 0 Å². The van der Waals surface area contributed by atoms with Gasteiger partial charge < -0.3 is 34.3 Å². The van der Waals surface area contributed by atoms with Crippen LogP contribution < -0.4 is 4.74 Å². The molecule has 1 aliphatic heterocycles. The van der Waals surface area contributed by atoms with Crippen LogP contribution in [0.4, 0.5) is 0 Å². The number of carbonyl (C=O) groups excluding carboxylic acids is 3. The summed E-state index contributed by atoms with van der Waals surface area (Å²) < 4.78 is 21.1. The summed E-state index contributed by atoms with van der Waals surface area (Å²) in [6.07, 6.45) is 0.190. The van der Waals surface area contributed by atoms with E-state index < -0.39 is 47.8 Å². The molecule has 1 aliphatic rings. The molecular weight excluding hydrogens is 522 g/mol. The number of fused-ring (bicyclic) bond motifs is 1. The van der Waals surface area contributed by atoms with Crippen LogP contribution in [0.2, 0.25) is 0 Å². The second-order valence-electron chi connectivity index (χ2n) is 9.24. The molecule has 2 atom stereocenters. The summed E-state index contributed by atoms with van der Waals surface area (Å²) in [4.78, 5) is 41.2. The van der Waals surface area contributed by atoms with Gasteiger partial charge in [0.2, 0.25) is 0 Å². The van der Waals surface area contributed by atoms with Crippen molar-refractivity contribution in [1.29, 1.82) is 0 Å². The lowest BCUT2D eigenvalue weighted by molar-refractivity contribution is -0.143. The maximum absolute atomic E-state index is 12.7. The molecule has 40 heavy (non-hydrogen) atoms. The Bertz CT molecular complexity index is 1480. The third kappa shape index (κ3) is 5.28. The van der Waals surface area contributed by atoms with Crippen molar-refractivity contribution >= 4 is 17.7 Å². The van der Waals surface area contributed by atoms with Crippen LogP contribution in [0, 0.1) is 6.92 Å². The molecule has 0 saturated carbocycles. The number of aromatic nitrogens is 1. The summed E-state index contributed by atoms with van der Waals surface area (Å²) in [6.45, 7) is 2.51. The molecule has 2 aromatic carbocycles. The number of hydrogen-bond donors (Lipinski definition) is 3. The molecule has 0 radical (unpaired) electrons. The van der Waals surface area contributed by atoms with Crippen LogP contribution in [-0.2, 0) is 30.4 Å². The van der Waals surface area contributed by atoms with Crippen molar-refractivity contribution in [1.82, 2.24) is 4.98 Å². The minimum atomic E-state index is -1.09. The van der Waals surface area contributed by atoms with Gasteiger partial charge in [0.25, 0.3) is 0 Å². The van der Waals surface area contributed by atoms with Crippen LogP contribution >= 0.6 is 0 Å². The fourth-order valence-corrected chi connectivity index (χ4v) is 4.78. The zero-order valence-corrected chi connectivity index (χ0v) is 22.4. The Morgan fingerprint density at radius 1 is 1.05 bits per heavy atom. The minimum absolute atomic E-state index is 0.0850. The van der Waals surface area contributed by atoms with Crippen LogP contribution in [0.1, 0.15) is 69.2 Å². The first-order valence-electron chi connectivity index (χ1n) is 12.3. The molecule has 210 valence electrons. The summed E-state index contributed by atoms with van der Waals surface area (Å²) in [7, 11) is 2.40. The molecular formula is C29H29NO10. The number of phenolic OH excluding ortho intramolecular Hbond substituents is 2. The highest BCUT2D eigenvalue weighted by molar-refractivity contribution is 5.98. The van der Waals surface area contributed by atoms with Gasteiger partial charge in [-0.15, -0.1) is 0 Å². The molecule has 3 aromatic rings. The quantitative estimate of drug-likeness (QED) is 0.263. The zero-order chi connectivity index (χ0) is 29.1. The van der Waals surface area contributed by atoms with Crippen molar-refractivity contribution in [3.63, 3.8) is 0 Å². The van der Waals surface area contributed by atoms with Gasteiger partial charge in [0.15, 0.2) is 12.4 Å². The van der Waals surface area contributed by atoms with Crippen molar-refractivity contribution < 1.29 is 48.7 Å². The third-order valence-electron chi connectivity index (χ3n) is 6.84. The van der Waals surface area contributed by atoms with Crippen LogP contribution in [0.3, 0.4) is 0 Å². The lowest BCUT2D eigenvalue weighted by atomic mass is 9.82. The second-order valence-corrected chi connectivity index (χ2v) is 9.24. The SMILES string of the molecule is COC(=O)COc1ccccc1[C@@H](CC(=O)OC)c1c(O)c(C(C)=O)cc([C@@H]2OCc3cnc(C)c(O)c32)c1O. The number of rotatable bonds is 9. The predicted molar refractivity (Wildman–Crippen MR) is 139 cm³/mol. The van der Waals surface area contributed by atoms with E-state index >= 15 is 0 Å². The number of aromatic hydroxyl groups is 3. The average Bonchev–Trinajstić information content (AvgIpc) is 3.37. The maximum Gasteiger partial charge on any atom is 0.343 e. The molecule has 11 nitrogen and oxygen atoms in total. The summed E-state index contributed by atoms with van der Waals surface area (Å²) in [5.41, 5.74) is 1.46. The number of ketones is 1. The number of aryl methyl sites for hydroxylation is 1. The number of benzene rings is 2. The topological polar surface area (TPSA) is 162 Å². The monoisotopic (exact) mass is 551 g/mol. The van der Waals surface area contributed by atoms with Gasteiger partial charge in [0.05, 0.1) is 38.5 Å². The Balaban J connectivity index is 1.96. The summed E-state index contributed by atoms with van der Waals surface area (Å²) in [5, 5.41) is 33.8. The normalized spacial score (nSPS) is 14.8. The van der Waals surface area contributed by atoms with Gasteiger partial charge in [0, 0.05) is 39.9 Å². The number of pyridine rings is 1. The zero-order valence-electron chi connectivity index (χ0n) is 22.4. The first-order valence-corrected chi connectivity index (χ1v) is 12.3. The molecule has 0 unspecified atom stereocenters.